The number of carbonyl (C=O) groups is 1. The summed E-state index contributed by atoms with van der Waals surface area (Å²) < 4.78 is 8.63. The van der Waals surface area contributed by atoms with Crippen molar-refractivity contribution in [2.45, 2.75) is 13.1 Å². The van der Waals surface area contributed by atoms with Crippen LogP contribution in [0, 0.1) is 0 Å². The maximum Gasteiger partial charge on any atom is 0.247 e. The molecular formula is C22H18N6O2. The predicted octanol–water partition coefficient (Wildman–Crippen LogP) is 3.57. The third kappa shape index (κ3) is 3.70. The lowest BCUT2D eigenvalue weighted by molar-refractivity contribution is -0.116. The van der Waals surface area contributed by atoms with Gasteiger partial charge in [0.05, 0.1) is 24.2 Å². The summed E-state index contributed by atoms with van der Waals surface area (Å²) in [6, 6.07) is 15.4. The summed E-state index contributed by atoms with van der Waals surface area (Å²) in [7, 11) is 0. The lowest BCUT2D eigenvalue weighted by Crippen LogP contribution is -2.21. The number of carbonyl (C=O) groups excluding carboxylic acids is 1. The molecule has 0 saturated heterocycles. The molecule has 1 aromatic carbocycles. The lowest BCUT2D eigenvalue weighted by Gasteiger charge is -2.08. The number of anilines is 1. The Bertz CT molecular complexity index is 1300. The maximum absolute atomic E-state index is 12.5. The van der Waals surface area contributed by atoms with Crippen LogP contribution in [0.1, 0.15) is 5.76 Å². The number of rotatable bonds is 6. The Morgan fingerprint density at radius 3 is 2.90 bits per heavy atom. The van der Waals surface area contributed by atoms with E-state index in [1.165, 1.54) is 0 Å². The van der Waals surface area contributed by atoms with Gasteiger partial charge in [-0.1, -0.05) is 12.1 Å². The molecular weight excluding hydrogens is 380 g/mol. The van der Waals surface area contributed by atoms with Gasteiger partial charge in [0.15, 0.2) is 0 Å². The van der Waals surface area contributed by atoms with E-state index < -0.39 is 0 Å². The molecule has 8 nitrogen and oxygen atoms in total. The fourth-order valence-corrected chi connectivity index (χ4v) is 3.30. The molecule has 0 spiro atoms. The van der Waals surface area contributed by atoms with Crippen molar-refractivity contribution < 1.29 is 9.21 Å². The molecule has 30 heavy (non-hydrogen) atoms. The molecule has 0 aliphatic heterocycles. The Kier molecular flexibility index (Phi) is 4.57. The lowest BCUT2D eigenvalue weighted by atomic mass is 10.1. The first-order valence-electron chi connectivity index (χ1n) is 9.46. The Morgan fingerprint density at radius 1 is 1.03 bits per heavy atom. The zero-order valence-corrected chi connectivity index (χ0v) is 16.0. The van der Waals surface area contributed by atoms with Crippen LogP contribution in [0.4, 0.5) is 5.82 Å². The van der Waals surface area contributed by atoms with Gasteiger partial charge in [0.2, 0.25) is 5.91 Å². The summed E-state index contributed by atoms with van der Waals surface area (Å²) in [5.41, 5.74) is 2.91. The molecule has 5 aromatic rings. The number of pyridine rings is 1. The SMILES string of the molecule is O=C(Cn1cc(-c2ccc3ncccc3c2)cn1)Nc1ccnn1Cc1ccco1. The topological polar surface area (TPSA) is 90.8 Å². The molecule has 0 radical (unpaired) electrons. The van der Waals surface area contributed by atoms with Crippen LogP contribution in [0.5, 0.6) is 0 Å². The Balaban J connectivity index is 1.27. The van der Waals surface area contributed by atoms with Gasteiger partial charge in [0.25, 0.3) is 0 Å². The maximum atomic E-state index is 12.5. The number of benzene rings is 1. The van der Waals surface area contributed by atoms with E-state index in [-0.39, 0.29) is 12.5 Å². The van der Waals surface area contributed by atoms with Crippen molar-refractivity contribution >= 4 is 22.6 Å². The van der Waals surface area contributed by atoms with Crippen molar-refractivity contribution in [1.82, 2.24) is 24.5 Å². The first kappa shape index (κ1) is 17.9. The molecule has 0 aliphatic rings. The van der Waals surface area contributed by atoms with E-state index in [2.05, 4.69) is 26.6 Å². The first-order chi connectivity index (χ1) is 14.7. The standard InChI is InChI=1S/C22H18N6O2/c29-22(26-21-7-9-24-28(21)14-19-4-2-10-30-19)15-27-13-18(12-25-27)16-5-6-20-17(11-16)3-1-8-23-20/h1-13H,14-15H2,(H,26,29). The summed E-state index contributed by atoms with van der Waals surface area (Å²) in [6.45, 7) is 0.541. The minimum Gasteiger partial charge on any atom is -0.467 e. The van der Waals surface area contributed by atoms with Crippen LogP contribution in [0.25, 0.3) is 22.0 Å². The van der Waals surface area contributed by atoms with Crippen molar-refractivity contribution in [3.63, 3.8) is 0 Å². The molecule has 1 amide bonds. The van der Waals surface area contributed by atoms with E-state index in [1.54, 1.807) is 40.3 Å². The number of hydrogen-bond acceptors (Lipinski definition) is 5. The van der Waals surface area contributed by atoms with Crippen LogP contribution in [-0.2, 0) is 17.9 Å². The van der Waals surface area contributed by atoms with Crippen LogP contribution < -0.4 is 5.32 Å². The molecule has 5 rings (SSSR count). The van der Waals surface area contributed by atoms with Gasteiger partial charge in [-0.05, 0) is 35.9 Å². The highest BCUT2D eigenvalue weighted by Crippen LogP contribution is 2.23. The quantitative estimate of drug-likeness (QED) is 0.472. The van der Waals surface area contributed by atoms with E-state index in [4.69, 9.17) is 4.42 Å². The van der Waals surface area contributed by atoms with Gasteiger partial charge in [0, 0.05) is 29.4 Å². The predicted molar refractivity (Wildman–Crippen MR) is 112 cm³/mol. The smallest absolute Gasteiger partial charge is 0.247 e. The van der Waals surface area contributed by atoms with Crippen molar-refractivity contribution in [3.8, 4) is 11.1 Å². The zero-order valence-electron chi connectivity index (χ0n) is 16.0. The molecule has 148 valence electrons. The van der Waals surface area contributed by atoms with Gasteiger partial charge in [0.1, 0.15) is 24.7 Å². The van der Waals surface area contributed by atoms with Crippen LogP contribution >= 0.6 is 0 Å². The molecule has 0 bridgehead atoms. The number of aromatic nitrogens is 5. The second-order valence-electron chi connectivity index (χ2n) is 6.84. The van der Waals surface area contributed by atoms with Crippen molar-refractivity contribution in [3.05, 3.63) is 85.3 Å². The Hall–Kier alpha value is -4.20. The highest BCUT2D eigenvalue weighted by atomic mass is 16.3. The molecule has 1 N–H and O–H groups in total. The average Bonchev–Trinajstić information content (AvgIpc) is 3.52. The van der Waals surface area contributed by atoms with Gasteiger partial charge < -0.3 is 9.73 Å². The van der Waals surface area contributed by atoms with Crippen LogP contribution in [0.2, 0.25) is 0 Å². The van der Waals surface area contributed by atoms with E-state index >= 15 is 0 Å². The van der Waals surface area contributed by atoms with E-state index in [9.17, 15) is 4.79 Å². The number of furan rings is 1. The second-order valence-corrected chi connectivity index (χ2v) is 6.84. The molecule has 4 heterocycles. The molecule has 0 atom stereocenters. The van der Waals surface area contributed by atoms with Crippen LogP contribution in [-0.4, -0.2) is 30.5 Å². The molecule has 8 heteroatoms. The molecule has 0 aliphatic carbocycles. The van der Waals surface area contributed by atoms with Gasteiger partial charge in [-0.25, -0.2) is 4.68 Å². The number of nitrogens with one attached hydrogen (secondary N) is 1. The zero-order chi connectivity index (χ0) is 20.3. The molecule has 4 aromatic heterocycles. The van der Waals surface area contributed by atoms with Crippen LogP contribution in [0.15, 0.2) is 84.0 Å². The summed E-state index contributed by atoms with van der Waals surface area (Å²) in [4.78, 5) is 16.8. The van der Waals surface area contributed by atoms with Crippen molar-refractivity contribution in [2.24, 2.45) is 0 Å². The largest absolute Gasteiger partial charge is 0.467 e. The Morgan fingerprint density at radius 2 is 2.00 bits per heavy atom. The van der Waals surface area contributed by atoms with Gasteiger partial charge in [-0.2, -0.15) is 10.2 Å². The second kappa shape index (κ2) is 7.67. The number of amides is 1. The molecule has 0 unspecified atom stereocenters. The number of nitrogens with zero attached hydrogens (tertiary/aromatic N) is 5. The van der Waals surface area contributed by atoms with Crippen molar-refractivity contribution in [1.29, 1.82) is 0 Å². The average molecular weight is 398 g/mol. The first-order valence-corrected chi connectivity index (χ1v) is 9.46. The van der Waals surface area contributed by atoms with E-state index in [0.29, 0.717) is 12.4 Å². The summed E-state index contributed by atoms with van der Waals surface area (Å²) in [5.74, 6) is 1.18. The summed E-state index contributed by atoms with van der Waals surface area (Å²) in [6.07, 6.45) is 8.64. The van der Waals surface area contributed by atoms with Gasteiger partial charge >= 0.3 is 0 Å². The minimum atomic E-state index is -0.187. The van der Waals surface area contributed by atoms with E-state index in [1.807, 2.05) is 42.6 Å². The fraction of sp³-hybridized carbons (Fsp3) is 0.0909. The Labute approximate surface area is 171 Å². The normalized spacial score (nSPS) is 11.1. The van der Waals surface area contributed by atoms with Crippen LogP contribution in [0.3, 0.4) is 0 Å². The number of fused-ring (bicyclic) bond motifs is 1. The third-order valence-electron chi connectivity index (χ3n) is 4.74. The van der Waals surface area contributed by atoms with Gasteiger partial charge in [-0.3, -0.25) is 14.5 Å². The highest BCUT2D eigenvalue weighted by Gasteiger charge is 2.11. The van der Waals surface area contributed by atoms with E-state index in [0.717, 1.165) is 27.8 Å². The van der Waals surface area contributed by atoms with Gasteiger partial charge in [-0.15, -0.1) is 0 Å². The number of hydrogen-bond donors (Lipinski definition) is 1. The summed E-state index contributed by atoms with van der Waals surface area (Å²) in [5, 5.41) is 12.5. The molecule has 0 fully saturated rings. The third-order valence-corrected chi connectivity index (χ3v) is 4.74. The fourth-order valence-electron chi connectivity index (χ4n) is 3.30. The molecule has 0 saturated carbocycles. The van der Waals surface area contributed by atoms with Crippen molar-refractivity contribution in [2.75, 3.05) is 5.32 Å². The minimum absolute atomic E-state index is 0.0983. The highest BCUT2D eigenvalue weighted by molar-refractivity contribution is 5.89. The monoisotopic (exact) mass is 398 g/mol. The summed E-state index contributed by atoms with van der Waals surface area (Å²) >= 11 is 0.